The molecule has 0 aromatic heterocycles. The van der Waals surface area contributed by atoms with Crippen LogP contribution in [0.25, 0.3) is 0 Å². The predicted molar refractivity (Wildman–Crippen MR) is 76.5 cm³/mol. The van der Waals surface area contributed by atoms with Crippen LogP contribution in [-0.2, 0) is 4.79 Å². The zero-order valence-corrected chi connectivity index (χ0v) is 12.6. The Morgan fingerprint density at radius 1 is 1.22 bits per heavy atom. The van der Waals surface area contributed by atoms with Gasteiger partial charge in [-0.2, -0.15) is 0 Å². The van der Waals surface area contributed by atoms with E-state index in [1.165, 1.54) is 19.3 Å². The van der Waals surface area contributed by atoms with Crippen LogP contribution >= 0.6 is 0 Å². The van der Waals surface area contributed by atoms with E-state index in [1.807, 2.05) is 0 Å². The first kappa shape index (κ1) is 17.4. The first-order valence-corrected chi connectivity index (χ1v) is 7.36. The molecule has 0 fully saturated rings. The fourth-order valence-corrected chi connectivity index (χ4v) is 2.22. The maximum atomic E-state index is 11.6. The zero-order valence-electron chi connectivity index (χ0n) is 12.6. The summed E-state index contributed by atoms with van der Waals surface area (Å²) in [4.78, 5) is 11.6. The molecule has 0 aliphatic heterocycles. The van der Waals surface area contributed by atoms with Gasteiger partial charge in [0.15, 0.2) is 0 Å². The van der Waals surface area contributed by atoms with Crippen molar-refractivity contribution in [2.24, 2.45) is 5.92 Å². The Kier molecular flexibility index (Phi) is 9.08. The molecule has 2 N–H and O–H groups in total. The molecule has 1 atom stereocenters. The molecule has 0 aromatic carbocycles. The van der Waals surface area contributed by atoms with Gasteiger partial charge in [-0.05, 0) is 25.7 Å². The Morgan fingerprint density at radius 2 is 1.83 bits per heavy atom. The van der Waals surface area contributed by atoms with Crippen molar-refractivity contribution in [3.05, 3.63) is 0 Å². The van der Waals surface area contributed by atoms with Gasteiger partial charge in [0.25, 0.3) is 0 Å². The Hall–Kier alpha value is -0.570. The van der Waals surface area contributed by atoms with Crippen LogP contribution in [0, 0.1) is 5.92 Å². The summed E-state index contributed by atoms with van der Waals surface area (Å²) < 4.78 is 0. The van der Waals surface area contributed by atoms with Gasteiger partial charge in [0.1, 0.15) is 0 Å². The number of unbranched alkanes of at least 4 members (excludes halogenated alkanes) is 4. The van der Waals surface area contributed by atoms with E-state index < -0.39 is 5.60 Å². The predicted octanol–water partition coefficient (Wildman–Crippen LogP) is 3.26. The SMILES string of the molecule is CCCCCCCC(=O)NCC(C)(O)CC(C)C. The highest BCUT2D eigenvalue weighted by molar-refractivity contribution is 5.75. The van der Waals surface area contributed by atoms with Crippen LogP contribution in [0.15, 0.2) is 0 Å². The summed E-state index contributed by atoms with van der Waals surface area (Å²) in [5, 5.41) is 12.9. The van der Waals surface area contributed by atoms with Crippen molar-refractivity contribution in [1.82, 2.24) is 5.32 Å². The Labute approximate surface area is 112 Å². The quantitative estimate of drug-likeness (QED) is 0.590. The fraction of sp³-hybridized carbons (Fsp3) is 0.933. The summed E-state index contributed by atoms with van der Waals surface area (Å²) in [6.45, 7) is 8.48. The van der Waals surface area contributed by atoms with Gasteiger partial charge in [-0.15, -0.1) is 0 Å². The van der Waals surface area contributed by atoms with E-state index in [4.69, 9.17) is 0 Å². The number of aliphatic hydroxyl groups is 1. The molecule has 0 bridgehead atoms. The van der Waals surface area contributed by atoms with E-state index in [1.54, 1.807) is 6.92 Å². The zero-order chi connectivity index (χ0) is 14.0. The van der Waals surface area contributed by atoms with Crippen molar-refractivity contribution in [2.75, 3.05) is 6.54 Å². The standard InChI is InChI=1S/C15H31NO2/c1-5-6-7-8-9-10-14(17)16-12-15(4,18)11-13(2)3/h13,18H,5-12H2,1-4H3,(H,16,17). The fourth-order valence-electron chi connectivity index (χ4n) is 2.22. The van der Waals surface area contributed by atoms with Crippen molar-refractivity contribution >= 4 is 5.91 Å². The molecule has 0 aromatic rings. The molecule has 3 nitrogen and oxygen atoms in total. The van der Waals surface area contributed by atoms with Gasteiger partial charge in [0.2, 0.25) is 5.91 Å². The smallest absolute Gasteiger partial charge is 0.220 e. The number of carbonyl (C=O) groups is 1. The molecule has 0 heterocycles. The Morgan fingerprint density at radius 3 is 2.39 bits per heavy atom. The van der Waals surface area contributed by atoms with E-state index in [0.29, 0.717) is 25.3 Å². The maximum absolute atomic E-state index is 11.6. The second-order valence-corrected chi connectivity index (χ2v) is 6.04. The summed E-state index contributed by atoms with van der Waals surface area (Å²) in [5.41, 5.74) is -0.786. The summed E-state index contributed by atoms with van der Waals surface area (Å²) >= 11 is 0. The lowest BCUT2D eigenvalue weighted by Gasteiger charge is -2.25. The van der Waals surface area contributed by atoms with Gasteiger partial charge in [0.05, 0.1) is 5.60 Å². The van der Waals surface area contributed by atoms with Gasteiger partial charge in [0, 0.05) is 13.0 Å². The average Bonchev–Trinajstić information content (AvgIpc) is 2.24. The normalized spacial score (nSPS) is 14.6. The van der Waals surface area contributed by atoms with Crippen LogP contribution in [0.4, 0.5) is 0 Å². The monoisotopic (exact) mass is 257 g/mol. The second-order valence-electron chi connectivity index (χ2n) is 6.04. The maximum Gasteiger partial charge on any atom is 0.220 e. The minimum absolute atomic E-state index is 0.0653. The van der Waals surface area contributed by atoms with Gasteiger partial charge in [-0.1, -0.05) is 46.5 Å². The molecule has 18 heavy (non-hydrogen) atoms. The van der Waals surface area contributed by atoms with Crippen LogP contribution in [0.3, 0.4) is 0 Å². The number of carbonyl (C=O) groups excluding carboxylic acids is 1. The second kappa shape index (κ2) is 9.37. The summed E-state index contributed by atoms with van der Waals surface area (Å²) in [7, 11) is 0. The highest BCUT2D eigenvalue weighted by Crippen LogP contribution is 2.15. The number of hydrogen-bond acceptors (Lipinski definition) is 2. The number of amides is 1. The van der Waals surface area contributed by atoms with Crippen molar-refractivity contribution in [1.29, 1.82) is 0 Å². The van der Waals surface area contributed by atoms with E-state index in [0.717, 1.165) is 12.8 Å². The number of rotatable bonds is 10. The van der Waals surface area contributed by atoms with E-state index >= 15 is 0 Å². The van der Waals surface area contributed by atoms with Crippen molar-refractivity contribution in [2.45, 2.75) is 78.2 Å². The third-order valence-electron chi connectivity index (χ3n) is 3.02. The van der Waals surface area contributed by atoms with E-state index in [2.05, 4.69) is 26.1 Å². The molecular weight excluding hydrogens is 226 g/mol. The van der Waals surface area contributed by atoms with Gasteiger partial charge >= 0.3 is 0 Å². The topological polar surface area (TPSA) is 49.3 Å². The van der Waals surface area contributed by atoms with Crippen molar-refractivity contribution < 1.29 is 9.90 Å². The summed E-state index contributed by atoms with van der Waals surface area (Å²) in [5.74, 6) is 0.501. The summed E-state index contributed by atoms with van der Waals surface area (Å²) in [6.07, 6.45) is 7.08. The van der Waals surface area contributed by atoms with Crippen LogP contribution < -0.4 is 5.32 Å². The molecule has 1 amide bonds. The minimum Gasteiger partial charge on any atom is -0.388 e. The van der Waals surface area contributed by atoms with Crippen LogP contribution in [-0.4, -0.2) is 23.2 Å². The molecule has 0 radical (unpaired) electrons. The van der Waals surface area contributed by atoms with Gasteiger partial charge in [-0.25, -0.2) is 0 Å². The van der Waals surface area contributed by atoms with Gasteiger partial charge in [-0.3, -0.25) is 4.79 Å². The number of hydrogen-bond donors (Lipinski definition) is 2. The molecule has 0 spiro atoms. The third-order valence-corrected chi connectivity index (χ3v) is 3.02. The average molecular weight is 257 g/mol. The molecule has 0 aliphatic carbocycles. The van der Waals surface area contributed by atoms with Crippen LogP contribution in [0.5, 0.6) is 0 Å². The van der Waals surface area contributed by atoms with Crippen molar-refractivity contribution in [3.8, 4) is 0 Å². The van der Waals surface area contributed by atoms with E-state index in [-0.39, 0.29) is 5.91 Å². The Balaban J connectivity index is 3.63. The minimum atomic E-state index is -0.786. The van der Waals surface area contributed by atoms with E-state index in [9.17, 15) is 9.90 Å². The molecule has 0 aliphatic rings. The first-order valence-electron chi connectivity index (χ1n) is 7.36. The van der Waals surface area contributed by atoms with Crippen molar-refractivity contribution in [3.63, 3.8) is 0 Å². The molecule has 108 valence electrons. The first-order chi connectivity index (χ1) is 8.37. The van der Waals surface area contributed by atoms with Crippen LogP contribution in [0.2, 0.25) is 0 Å². The molecule has 3 heteroatoms. The highest BCUT2D eigenvalue weighted by atomic mass is 16.3. The molecule has 1 unspecified atom stereocenters. The number of nitrogens with one attached hydrogen (secondary N) is 1. The largest absolute Gasteiger partial charge is 0.388 e. The Bertz CT molecular complexity index is 225. The molecule has 0 rings (SSSR count). The van der Waals surface area contributed by atoms with Gasteiger partial charge < -0.3 is 10.4 Å². The summed E-state index contributed by atoms with van der Waals surface area (Å²) in [6, 6.07) is 0. The molecule has 0 saturated heterocycles. The lowest BCUT2D eigenvalue weighted by Crippen LogP contribution is -2.41. The van der Waals surface area contributed by atoms with Crippen LogP contribution in [0.1, 0.15) is 72.6 Å². The highest BCUT2D eigenvalue weighted by Gasteiger charge is 2.22. The third kappa shape index (κ3) is 10.6. The molecular formula is C15H31NO2. The molecule has 0 saturated carbocycles. The lowest BCUT2D eigenvalue weighted by atomic mass is 9.94. The lowest BCUT2D eigenvalue weighted by molar-refractivity contribution is -0.122.